The first-order chi connectivity index (χ1) is 11.2. The molecule has 1 fully saturated rings. The lowest BCUT2D eigenvalue weighted by atomic mass is 9.96. The van der Waals surface area contributed by atoms with Crippen molar-refractivity contribution in [3.8, 4) is 0 Å². The van der Waals surface area contributed by atoms with E-state index in [-0.39, 0.29) is 17.9 Å². The fourth-order valence-corrected chi connectivity index (χ4v) is 4.70. The van der Waals surface area contributed by atoms with Gasteiger partial charge in [-0.1, -0.05) is 13.8 Å². The fourth-order valence-electron chi connectivity index (χ4n) is 2.96. The molecule has 1 aromatic rings. The van der Waals surface area contributed by atoms with Gasteiger partial charge < -0.3 is 5.32 Å². The minimum Gasteiger partial charge on any atom is -0.347 e. The van der Waals surface area contributed by atoms with Crippen LogP contribution in [-0.2, 0) is 14.8 Å². The SMILES string of the molecule is Cc1csc(C(CC(C)C)NC(=O)C2CCN(S(C)(=O)=O)CC2)n1. The normalized spacial score (nSPS) is 18.7. The predicted octanol–water partition coefficient (Wildman–Crippen LogP) is 2.33. The number of nitrogens with zero attached hydrogens (tertiary/aromatic N) is 2. The molecule has 0 aromatic carbocycles. The highest BCUT2D eigenvalue weighted by Gasteiger charge is 2.30. The van der Waals surface area contributed by atoms with Crippen molar-refractivity contribution >= 4 is 27.3 Å². The van der Waals surface area contributed by atoms with Crippen LogP contribution in [0, 0.1) is 18.8 Å². The van der Waals surface area contributed by atoms with Gasteiger partial charge in [0.25, 0.3) is 0 Å². The van der Waals surface area contributed by atoms with Crippen molar-refractivity contribution in [1.82, 2.24) is 14.6 Å². The molecule has 24 heavy (non-hydrogen) atoms. The summed E-state index contributed by atoms with van der Waals surface area (Å²) in [5.41, 5.74) is 0.972. The van der Waals surface area contributed by atoms with E-state index in [2.05, 4.69) is 24.1 Å². The number of hydrogen-bond acceptors (Lipinski definition) is 5. The van der Waals surface area contributed by atoms with Crippen molar-refractivity contribution in [3.63, 3.8) is 0 Å². The lowest BCUT2D eigenvalue weighted by Crippen LogP contribution is -2.43. The summed E-state index contributed by atoms with van der Waals surface area (Å²) in [6, 6.07) is -0.0656. The Balaban J connectivity index is 1.98. The van der Waals surface area contributed by atoms with E-state index in [4.69, 9.17) is 0 Å². The number of sulfonamides is 1. The molecule has 1 atom stereocenters. The lowest BCUT2D eigenvalue weighted by Gasteiger charge is -2.30. The van der Waals surface area contributed by atoms with Gasteiger partial charge in [-0.05, 0) is 32.1 Å². The van der Waals surface area contributed by atoms with Crippen LogP contribution in [0.5, 0.6) is 0 Å². The van der Waals surface area contributed by atoms with Gasteiger partial charge in [-0.2, -0.15) is 0 Å². The summed E-state index contributed by atoms with van der Waals surface area (Å²) in [6.07, 6.45) is 3.21. The molecule has 0 spiro atoms. The van der Waals surface area contributed by atoms with Crippen molar-refractivity contribution in [1.29, 1.82) is 0 Å². The smallest absolute Gasteiger partial charge is 0.223 e. The van der Waals surface area contributed by atoms with Gasteiger partial charge in [-0.25, -0.2) is 17.7 Å². The summed E-state index contributed by atoms with van der Waals surface area (Å²) in [4.78, 5) is 17.1. The molecule has 0 aliphatic carbocycles. The van der Waals surface area contributed by atoms with Crippen LogP contribution in [0.25, 0.3) is 0 Å². The molecule has 0 saturated carbocycles. The van der Waals surface area contributed by atoms with Gasteiger partial charge in [0.05, 0.1) is 12.3 Å². The molecule has 1 N–H and O–H groups in total. The van der Waals surface area contributed by atoms with Gasteiger partial charge in [0, 0.05) is 30.1 Å². The number of thiazole rings is 1. The quantitative estimate of drug-likeness (QED) is 0.830. The number of aryl methyl sites for hydroxylation is 1. The number of nitrogens with one attached hydrogen (secondary N) is 1. The summed E-state index contributed by atoms with van der Waals surface area (Å²) >= 11 is 1.58. The third-order valence-corrected chi connectivity index (χ3v) is 6.63. The summed E-state index contributed by atoms with van der Waals surface area (Å²) in [5.74, 6) is 0.340. The second-order valence-corrected chi connectivity index (χ2v) is 9.83. The van der Waals surface area contributed by atoms with Crippen molar-refractivity contribution in [3.05, 3.63) is 16.1 Å². The summed E-state index contributed by atoms with van der Waals surface area (Å²) in [6.45, 7) is 7.05. The number of piperidine rings is 1. The van der Waals surface area contributed by atoms with Crippen LogP contribution in [0.2, 0.25) is 0 Å². The molecule has 0 radical (unpaired) electrons. The maximum Gasteiger partial charge on any atom is 0.223 e. The first kappa shape index (κ1) is 19.3. The van der Waals surface area contributed by atoms with Gasteiger partial charge in [0.2, 0.25) is 15.9 Å². The van der Waals surface area contributed by atoms with Crippen LogP contribution in [0.4, 0.5) is 0 Å². The minimum absolute atomic E-state index is 0.0154. The molecular formula is C16H27N3O3S2. The van der Waals surface area contributed by atoms with Crippen LogP contribution in [0.3, 0.4) is 0 Å². The van der Waals surface area contributed by atoms with E-state index in [0.29, 0.717) is 31.8 Å². The maximum absolute atomic E-state index is 12.6. The van der Waals surface area contributed by atoms with Gasteiger partial charge in [-0.3, -0.25) is 4.79 Å². The van der Waals surface area contributed by atoms with Crippen molar-refractivity contribution < 1.29 is 13.2 Å². The number of aromatic nitrogens is 1. The first-order valence-corrected chi connectivity index (χ1v) is 11.1. The van der Waals surface area contributed by atoms with E-state index in [0.717, 1.165) is 17.1 Å². The Kier molecular flexibility index (Phi) is 6.39. The minimum atomic E-state index is -3.16. The molecule has 2 heterocycles. The zero-order chi connectivity index (χ0) is 17.9. The van der Waals surface area contributed by atoms with Crippen molar-refractivity contribution in [2.75, 3.05) is 19.3 Å². The zero-order valence-corrected chi connectivity index (χ0v) is 16.4. The predicted molar refractivity (Wildman–Crippen MR) is 96.3 cm³/mol. The molecule has 1 aromatic heterocycles. The molecule has 1 aliphatic heterocycles. The monoisotopic (exact) mass is 373 g/mol. The highest BCUT2D eigenvalue weighted by atomic mass is 32.2. The van der Waals surface area contributed by atoms with Crippen molar-refractivity contribution in [2.45, 2.75) is 46.1 Å². The van der Waals surface area contributed by atoms with E-state index in [1.807, 2.05) is 12.3 Å². The second kappa shape index (κ2) is 7.93. The molecular weight excluding hydrogens is 346 g/mol. The van der Waals surface area contributed by atoms with E-state index in [9.17, 15) is 13.2 Å². The largest absolute Gasteiger partial charge is 0.347 e. The molecule has 2 rings (SSSR count). The van der Waals surface area contributed by atoms with Crippen LogP contribution < -0.4 is 5.32 Å². The summed E-state index contributed by atoms with van der Waals surface area (Å²) in [5, 5.41) is 6.09. The third-order valence-electron chi connectivity index (χ3n) is 4.25. The molecule has 8 heteroatoms. The molecule has 136 valence electrons. The van der Waals surface area contributed by atoms with Crippen LogP contribution in [0.15, 0.2) is 5.38 Å². The Morgan fingerprint density at radius 3 is 2.50 bits per heavy atom. The Morgan fingerprint density at radius 2 is 2.04 bits per heavy atom. The van der Waals surface area contributed by atoms with Gasteiger partial charge in [-0.15, -0.1) is 11.3 Å². The fraction of sp³-hybridized carbons (Fsp3) is 0.750. The third kappa shape index (κ3) is 5.26. The first-order valence-electron chi connectivity index (χ1n) is 8.34. The Bertz CT molecular complexity index is 662. The number of amides is 1. The highest BCUT2D eigenvalue weighted by Crippen LogP contribution is 2.26. The van der Waals surface area contributed by atoms with E-state index < -0.39 is 10.0 Å². The Morgan fingerprint density at radius 1 is 1.42 bits per heavy atom. The van der Waals surface area contributed by atoms with E-state index >= 15 is 0 Å². The standard InChI is InChI=1S/C16H27N3O3S2/c1-11(2)9-14(16-17-12(3)10-23-16)18-15(20)13-5-7-19(8-6-13)24(4,21)22/h10-11,13-14H,5-9H2,1-4H3,(H,18,20). The molecule has 1 amide bonds. The van der Waals surface area contributed by atoms with Crippen LogP contribution in [-0.4, -0.2) is 43.0 Å². The number of carbonyl (C=O) groups is 1. The Labute approximate surface area is 148 Å². The van der Waals surface area contributed by atoms with E-state index in [1.165, 1.54) is 10.6 Å². The van der Waals surface area contributed by atoms with Crippen molar-refractivity contribution in [2.24, 2.45) is 11.8 Å². The van der Waals surface area contributed by atoms with Crippen LogP contribution >= 0.6 is 11.3 Å². The maximum atomic E-state index is 12.6. The average Bonchev–Trinajstić information content (AvgIpc) is 2.92. The topological polar surface area (TPSA) is 79.4 Å². The Hall–Kier alpha value is -0.990. The summed E-state index contributed by atoms with van der Waals surface area (Å²) in [7, 11) is -3.16. The second-order valence-electron chi connectivity index (χ2n) is 6.95. The van der Waals surface area contributed by atoms with Gasteiger partial charge in [0.1, 0.15) is 5.01 Å². The average molecular weight is 374 g/mol. The summed E-state index contributed by atoms with van der Waals surface area (Å²) < 4.78 is 24.6. The van der Waals surface area contributed by atoms with Crippen LogP contribution in [0.1, 0.15) is 49.9 Å². The number of carbonyl (C=O) groups excluding carboxylic acids is 1. The molecule has 1 aliphatic rings. The van der Waals surface area contributed by atoms with Gasteiger partial charge in [0.15, 0.2) is 0 Å². The molecule has 0 bridgehead atoms. The number of rotatable bonds is 6. The van der Waals surface area contributed by atoms with E-state index in [1.54, 1.807) is 11.3 Å². The molecule has 6 nitrogen and oxygen atoms in total. The lowest BCUT2D eigenvalue weighted by molar-refractivity contribution is -0.127. The van der Waals surface area contributed by atoms with Gasteiger partial charge >= 0.3 is 0 Å². The number of hydrogen-bond donors (Lipinski definition) is 1. The zero-order valence-electron chi connectivity index (χ0n) is 14.8. The highest BCUT2D eigenvalue weighted by molar-refractivity contribution is 7.88. The molecule has 1 saturated heterocycles. The molecule has 1 unspecified atom stereocenters.